The molecule has 1 rings (SSSR count). The maximum atomic E-state index is 11.5. The Hall–Kier alpha value is -1.18. The molecule has 0 saturated carbocycles. The molecular weight excluding hydrogens is 320 g/mol. The number of carbonyl (C=O) groups excluding carboxylic acids is 1. The summed E-state index contributed by atoms with van der Waals surface area (Å²) < 4.78 is 22.7. The molecule has 1 amide bonds. The molecule has 0 bridgehead atoms. The largest absolute Gasteiger partial charge is 0.321 e. The summed E-state index contributed by atoms with van der Waals surface area (Å²) in [6, 6.07) is 4.15. The smallest absolute Gasteiger partial charge is 0.248 e. The predicted molar refractivity (Wildman–Crippen MR) is 73.6 cm³/mol. The van der Waals surface area contributed by atoms with E-state index in [-0.39, 0.29) is 10.8 Å². The van der Waals surface area contributed by atoms with Gasteiger partial charge in [0.1, 0.15) is 0 Å². The Morgan fingerprint density at radius 2 is 2.00 bits per heavy atom. The van der Waals surface area contributed by atoms with Crippen molar-refractivity contribution >= 4 is 37.5 Å². The lowest BCUT2D eigenvalue weighted by atomic mass is 10.3. The molecule has 0 spiro atoms. The van der Waals surface area contributed by atoms with Crippen LogP contribution in [-0.4, -0.2) is 14.3 Å². The molecule has 7 heteroatoms. The predicted octanol–water partition coefficient (Wildman–Crippen LogP) is 2.00. The van der Waals surface area contributed by atoms with Crippen molar-refractivity contribution < 1.29 is 13.2 Å². The molecule has 18 heavy (non-hydrogen) atoms. The monoisotopic (exact) mass is 332 g/mol. The van der Waals surface area contributed by atoms with E-state index >= 15 is 0 Å². The van der Waals surface area contributed by atoms with Gasteiger partial charge in [0.05, 0.1) is 10.6 Å². The van der Waals surface area contributed by atoms with Crippen LogP contribution in [0.25, 0.3) is 0 Å². The normalized spacial score (nSPS) is 10.9. The van der Waals surface area contributed by atoms with Crippen molar-refractivity contribution in [1.29, 1.82) is 0 Å². The van der Waals surface area contributed by atoms with Crippen LogP contribution in [0.1, 0.15) is 13.8 Å². The van der Waals surface area contributed by atoms with Crippen LogP contribution < -0.4 is 10.5 Å². The van der Waals surface area contributed by atoms with Gasteiger partial charge in [-0.1, -0.05) is 5.57 Å². The summed E-state index contributed by atoms with van der Waals surface area (Å²) in [4.78, 5) is 11.5. The Morgan fingerprint density at radius 1 is 1.39 bits per heavy atom. The SMILES string of the molecule is CC(C)=CC(=O)Nc1ccc(S(N)(=O)=O)cc1Br. The summed E-state index contributed by atoms with van der Waals surface area (Å²) in [7, 11) is -3.74. The van der Waals surface area contributed by atoms with Gasteiger partial charge >= 0.3 is 0 Å². The molecule has 5 nitrogen and oxygen atoms in total. The molecule has 0 radical (unpaired) electrons. The molecule has 0 saturated heterocycles. The van der Waals surface area contributed by atoms with E-state index < -0.39 is 10.0 Å². The number of amides is 1. The number of carbonyl (C=O) groups is 1. The van der Waals surface area contributed by atoms with Crippen molar-refractivity contribution in [2.24, 2.45) is 5.14 Å². The van der Waals surface area contributed by atoms with E-state index in [2.05, 4.69) is 21.2 Å². The molecule has 98 valence electrons. The van der Waals surface area contributed by atoms with Crippen LogP contribution in [0.4, 0.5) is 5.69 Å². The molecule has 0 unspecified atom stereocenters. The lowest BCUT2D eigenvalue weighted by Crippen LogP contribution is -2.13. The van der Waals surface area contributed by atoms with Crippen LogP contribution in [0, 0.1) is 0 Å². The van der Waals surface area contributed by atoms with Gasteiger partial charge in [0.2, 0.25) is 15.9 Å². The molecular formula is C11H13BrN2O3S. The number of hydrogen-bond donors (Lipinski definition) is 2. The summed E-state index contributed by atoms with van der Waals surface area (Å²) in [5.41, 5.74) is 1.34. The number of sulfonamides is 1. The zero-order chi connectivity index (χ0) is 13.9. The molecule has 1 aromatic carbocycles. The van der Waals surface area contributed by atoms with E-state index in [1.807, 2.05) is 0 Å². The van der Waals surface area contributed by atoms with E-state index in [0.29, 0.717) is 10.2 Å². The third kappa shape index (κ3) is 4.25. The van der Waals surface area contributed by atoms with Crippen LogP contribution in [0.2, 0.25) is 0 Å². The standard InChI is InChI=1S/C11H13BrN2O3S/c1-7(2)5-11(15)14-10-4-3-8(6-9(10)12)18(13,16)17/h3-6H,1-2H3,(H,14,15)(H2,13,16,17). The van der Waals surface area contributed by atoms with Crippen LogP contribution in [0.5, 0.6) is 0 Å². The van der Waals surface area contributed by atoms with Crippen molar-refractivity contribution in [2.75, 3.05) is 5.32 Å². The minimum absolute atomic E-state index is 0.0189. The van der Waals surface area contributed by atoms with Crippen molar-refractivity contribution in [1.82, 2.24) is 0 Å². The first kappa shape index (κ1) is 14.9. The van der Waals surface area contributed by atoms with Gasteiger partial charge in [-0.15, -0.1) is 0 Å². The van der Waals surface area contributed by atoms with E-state index in [1.54, 1.807) is 13.8 Å². The van der Waals surface area contributed by atoms with Crippen LogP contribution >= 0.6 is 15.9 Å². The summed E-state index contributed by atoms with van der Waals surface area (Å²) in [6.07, 6.45) is 1.44. The van der Waals surface area contributed by atoms with Crippen molar-refractivity contribution in [3.8, 4) is 0 Å². The minimum atomic E-state index is -3.74. The van der Waals surface area contributed by atoms with E-state index in [9.17, 15) is 13.2 Å². The van der Waals surface area contributed by atoms with Gasteiger partial charge in [-0.2, -0.15) is 0 Å². The fourth-order valence-electron chi connectivity index (χ4n) is 1.21. The quantitative estimate of drug-likeness (QED) is 0.829. The van der Waals surface area contributed by atoms with Gasteiger partial charge in [0.25, 0.3) is 0 Å². The van der Waals surface area contributed by atoms with Gasteiger partial charge in [0, 0.05) is 10.5 Å². The molecule has 0 aliphatic heterocycles. The van der Waals surface area contributed by atoms with Crippen LogP contribution in [0.15, 0.2) is 39.2 Å². The second kappa shape index (κ2) is 5.64. The van der Waals surface area contributed by atoms with Crippen molar-refractivity contribution in [3.05, 3.63) is 34.3 Å². The van der Waals surface area contributed by atoms with E-state index in [4.69, 9.17) is 5.14 Å². The van der Waals surface area contributed by atoms with Gasteiger partial charge in [-0.05, 0) is 48.0 Å². The Balaban J connectivity index is 3.01. The zero-order valence-electron chi connectivity index (χ0n) is 9.90. The number of benzene rings is 1. The molecule has 0 atom stereocenters. The number of nitrogens with two attached hydrogens (primary N) is 1. The zero-order valence-corrected chi connectivity index (χ0v) is 12.3. The molecule has 0 aromatic heterocycles. The number of allylic oxidation sites excluding steroid dienone is 1. The third-order valence-electron chi connectivity index (χ3n) is 1.95. The molecule has 3 N–H and O–H groups in total. The molecule has 0 aliphatic rings. The number of anilines is 1. The number of rotatable bonds is 3. The fourth-order valence-corrected chi connectivity index (χ4v) is 2.37. The van der Waals surface area contributed by atoms with Crippen LogP contribution in [-0.2, 0) is 14.8 Å². The first-order chi connectivity index (χ1) is 8.20. The van der Waals surface area contributed by atoms with Gasteiger partial charge in [-0.3, -0.25) is 4.79 Å². The average molecular weight is 333 g/mol. The lowest BCUT2D eigenvalue weighted by Gasteiger charge is -2.07. The van der Waals surface area contributed by atoms with Gasteiger partial charge < -0.3 is 5.32 Å². The summed E-state index contributed by atoms with van der Waals surface area (Å²) >= 11 is 3.18. The summed E-state index contributed by atoms with van der Waals surface area (Å²) in [6.45, 7) is 3.61. The van der Waals surface area contributed by atoms with Crippen LogP contribution in [0.3, 0.4) is 0 Å². The first-order valence-electron chi connectivity index (χ1n) is 4.98. The Kier molecular flexibility index (Phi) is 4.66. The second-order valence-corrected chi connectivity index (χ2v) is 6.31. The summed E-state index contributed by atoms with van der Waals surface area (Å²) in [5, 5.41) is 7.62. The number of primary sulfonamides is 1. The number of halogens is 1. The highest BCUT2D eigenvalue weighted by Gasteiger charge is 2.11. The molecule has 0 heterocycles. The average Bonchev–Trinajstić information content (AvgIpc) is 2.18. The Morgan fingerprint density at radius 3 is 2.44 bits per heavy atom. The number of nitrogens with one attached hydrogen (secondary N) is 1. The Bertz CT molecular complexity index is 605. The highest BCUT2D eigenvalue weighted by atomic mass is 79.9. The maximum absolute atomic E-state index is 11.5. The molecule has 0 aliphatic carbocycles. The number of hydrogen-bond acceptors (Lipinski definition) is 3. The fraction of sp³-hybridized carbons (Fsp3) is 0.182. The lowest BCUT2D eigenvalue weighted by molar-refractivity contribution is -0.111. The molecule has 0 fully saturated rings. The van der Waals surface area contributed by atoms with Crippen molar-refractivity contribution in [2.45, 2.75) is 18.7 Å². The highest BCUT2D eigenvalue weighted by molar-refractivity contribution is 9.10. The van der Waals surface area contributed by atoms with E-state index in [1.165, 1.54) is 24.3 Å². The maximum Gasteiger partial charge on any atom is 0.248 e. The van der Waals surface area contributed by atoms with E-state index in [0.717, 1.165) is 5.57 Å². The highest BCUT2D eigenvalue weighted by Crippen LogP contribution is 2.25. The second-order valence-electron chi connectivity index (χ2n) is 3.90. The van der Waals surface area contributed by atoms with Gasteiger partial charge in [0.15, 0.2) is 0 Å². The summed E-state index contributed by atoms with van der Waals surface area (Å²) in [5.74, 6) is -0.279. The van der Waals surface area contributed by atoms with Gasteiger partial charge in [-0.25, -0.2) is 13.6 Å². The van der Waals surface area contributed by atoms with Crippen molar-refractivity contribution in [3.63, 3.8) is 0 Å². The Labute approximate surface area is 114 Å². The minimum Gasteiger partial charge on any atom is -0.321 e. The topological polar surface area (TPSA) is 89.3 Å². The molecule has 1 aromatic rings. The first-order valence-corrected chi connectivity index (χ1v) is 7.32. The third-order valence-corrected chi connectivity index (χ3v) is 3.51.